The summed E-state index contributed by atoms with van der Waals surface area (Å²) in [6.45, 7) is 1.46. The zero-order chi connectivity index (χ0) is 31.0. The highest BCUT2D eigenvalue weighted by atomic mass is 35.5. The molecule has 1 unspecified atom stereocenters. The molecule has 8 nitrogen and oxygen atoms in total. The monoisotopic (exact) mass is 619 g/mol. The number of carbonyl (C=O) groups is 2. The third-order valence-electron chi connectivity index (χ3n) is 6.99. The van der Waals surface area contributed by atoms with Crippen molar-refractivity contribution in [3.05, 3.63) is 125 Å². The van der Waals surface area contributed by atoms with Crippen molar-refractivity contribution in [1.82, 2.24) is 10.2 Å². The summed E-state index contributed by atoms with van der Waals surface area (Å²) < 4.78 is 34.3. The molecule has 0 saturated carbocycles. The minimum Gasteiger partial charge on any atom is -0.495 e. The lowest BCUT2D eigenvalue weighted by atomic mass is 10.0. The number of aryl methyl sites for hydroxylation is 1. The molecule has 0 aliphatic heterocycles. The molecule has 4 rings (SSSR count). The Labute approximate surface area is 257 Å². The molecule has 224 valence electrons. The molecular formula is C33H34ClN3O5S. The van der Waals surface area contributed by atoms with Crippen LogP contribution in [-0.4, -0.2) is 51.9 Å². The van der Waals surface area contributed by atoms with Gasteiger partial charge < -0.3 is 15.0 Å². The molecule has 0 fully saturated rings. The Morgan fingerprint density at radius 3 is 2.14 bits per heavy atom. The number of hydrogen-bond donors (Lipinski definition) is 1. The van der Waals surface area contributed by atoms with Crippen molar-refractivity contribution in [3.8, 4) is 5.75 Å². The fourth-order valence-electron chi connectivity index (χ4n) is 4.79. The Hall–Kier alpha value is -4.34. The predicted molar refractivity (Wildman–Crippen MR) is 169 cm³/mol. The maximum Gasteiger partial charge on any atom is 0.264 e. The second-order valence-corrected chi connectivity index (χ2v) is 12.2. The van der Waals surface area contributed by atoms with Crippen LogP contribution >= 0.6 is 11.6 Å². The zero-order valence-corrected chi connectivity index (χ0v) is 25.8. The molecule has 0 saturated heterocycles. The number of carbonyl (C=O) groups excluding carboxylic acids is 2. The topological polar surface area (TPSA) is 96.0 Å². The van der Waals surface area contributed by atoms with Gasteiger partial charge in [-0.15, -0.1) is 0 Å². The summed E-state index contributed by atoms with van der Waals surface area (Å²) in [7, 11) is -1.25. The number of nitrogens with zero attached hydrogens (tertiary/aromatic N) is 2. The SMILES string of the molecule is CNC(=O)C(Cc1ccccc1)N(Cc1cccc(C)c1)C(=O)CN(c1ccc(OC)c(Cl)c1)S(=O)(=O)c1ccccc1. The van der Waals surface area contributed by atoms with Crippen LogP contribution in [0.15, 0.2) is 108 Å². The molecule has 10 heteroatoms. The summed E-state index contributed by atoms with van der Waals surface area (Å²) in [5.41, 5.74) is 2.83. The number of benzene rings is 4. The Morgan fingerprint density at radius 1 is 0.884 bits per heavy atom. The molecule has 0 radical (unpaired) electrons. The van der Waals surface area contributed by atoms with Gasteiger partial charge in [0, 0.05) is 20.0 Å². The van der Waals surface area contributed by atoms with Gasteiger partial charge in [-0.3, -0.25) is 13.9 Å². The average molecular weight is 620 g/mol. The van der Waals surface area contributed by atoms with E-state index in [0.29, 0.717) is 5.75 Å². The van der Waals surface area contributed by atoms with Crippen LogP contribution in [0.2, 0.25) is 5.02 Å². The lowest BCUT2D eigenvalue weighted by Crippen LogP contribution is -2.53. The summed E-state index contributed by atoms with van der Waals surface area (Å²) in [5, 5.41) is 2.87. The van der Waals surface area contributed by atoms with Gasteiger partial charge in [-0.05, 0) is 48.4 Å². The van der Waals surface area contributed by atoms with E-state index in [4.69, 9.17) is 16.3 Å². The van der Waals surface area contributed by atoms with Crippen LogP contribution in [0.4, 0.5) is 5.69 Å². The first kappa shape index (κ1) is 31.6. The van der Waals surface area contributed by atoms with E-state index in [1.165, 1.54) is 43.3 Å². The number of amides is 2. The van der Waals surface area contributed by atoms with Gasteiger partial charge in [0.1, 0.15) is 18.3 Å². The number of ether oxygens (including phenoxy) is 1. The fraction of sp³-hybridized carbons (Fsp3) is 0.212. The third kappa shape index (κ3) is 7.74. The van der Waals surface area contributed by atoms with E-state index in [9.17, 15) is 18.0 Å². The Morgan fingerprint density at radius 2 is 1.53 bits per heavy atom. The average Bonchev–Trinajstić information content (AvgIpc) is 3.02. The van der Waals surface area contributed by atoms with E-state index >= 15 is 0 Å². The van der Waals surface area contributed by atoms with E-state index in [0.717, 1.165) is 21.0 Å². The molecule has 1 atom stereocenters. The molecule has 0 aliphatic rings. The standard InChI is InChI=1S/C33H34ClN3O5S/c1-24-11-10-14-26(19-24)22-36(30(33(39)35-2)20-25-12-6-4-7-13-25)32(38)23-37(27-17-18-31(42-3)29(34)21-27)43(40,41)28-15-8-5-9-16-28/h4-19,21,30H,20,22-23H2,1-3H3,(H,35,39). The number of halogens is 1. The van der Waals surface area contributed by atoms with Gasteiger partial charge in [-0.1, -0.05) is 90.0 Å². The normalized spacial score (nSPS) is 11.8. The molecular weight excluding hydrogens is 586 g/mol. The number of hydrogen-bond acceptors (Lipinski definition) is 5. The van der Waals surface area contributed by atoms with Crippen LogP contribution < -0.4 is 14.4 Å². The second kappa shape index (κ2) is 14.2. The molecule has 0 aromatic heterocycles. The van der Waals surface area contributed by atoms with Crippen molar-refractivity contribution < 1.29 is 22.7 Å². The zero-order valence-electron chi connectivity index (χ0n) is 24.2. The van der Waals surface area contributed by atoms with Gasteiger partial charge >= 0.3 is 0 Å². The molecule has 43 heavy (non-hydrogen) atoms. The summed E-state index contributed by atoms with van der Waals surface area (Å²) in [6, 6.07) is 28.5. The van der Waals surface area contributed by atoms with Crippen molar-refractivity contribution in [2.24, 2.45) is 0 Å². The summed E-state index contributed by atoms with van der Waals surface area (Å²) >= 11 is 6.40. The molecule has 0 spiro atoms. The molecule has 4 aromatic rings. The minimum absolute atomic E-state index is 0.00658. The number of rotatable bonds is 12. The van der Waals surface area contributed by atoms with Crippen LogP contribution in [-0.2, 0) is 32.6 Å². The molecule has 0 heterocycles. The van der Waals surface area contributed by atoms with E-state index < -0.39 is 28.5 Å². The van der Waals surface area contributed by atoms with Crippen LogP contribution in [0.3, 0.4) is 0 Å². The first-order valence-electron chi connectivity index (χ1n) is 13.7. The fourth-order valence-corrected chi connectivity index (χ4v) is 6.47. The van der Waals surface area contributed by atoms with E-state index in [1.54, 1.807) is 24.3 Å². The number of methoxy groups -OCH3 is 1. The molecule has 0 bridgehead atoms. The van der Waals surface area contributed by atoms with Crippen molar-refractivity contribution >= 4 is 39.1 Å². The van der Waals surface area contributed by atoms with Crippen LogP contribution in [0.25, 0.3) is 0 Å². The number of anilines is 1. The smallest absolute Gasteiger partial charge is 0.264 e. The van der Waals surface area contributed by atoms with Crippen molar-refractivity contribution in [1.29, 1.82) is 0 Å². The first-order valence-corrected chi connectivity index (χ1v) is 15.5. The molecule has 2 amide bonds. The summed E-state index contributed by atoms with van der Waals surface area (Å²) in [6.07, 6.45) is 0.234. The maximum absolute atomic E-state index is 14.3. The third-order valence-corrected chi connectivity index (χ3v) is 9.07. The number of likely N-dealkylation sites (N-methyl/N-ethyl adjacent to an activating group) is 1. The van der Waals surface area contributed by atoms with Gasteiger partial charge in [0.15, 0.2) is 0 Å². The molecule has 4 aromatic carbocycles. The van der Waals surface area contributed by atoms with E-state index in [1.807, 2.05) is 61.5 Å². The van der Waals surface area contributed by atoms with Crippen molar-refractivity contribution in [2.75, 3.05) is 25.0 Å². The predicted octanol–water partition coefficient (Wildman–Crippen LogP) is 5.24. The first-order chi connectivity index (χ1) is 20.6. The highest BCUT2D eigenvalue weighted by Gasteiger charge is 2.34. The van der Waals surface area contributed by atoms with Gasteiger partial charge in [-0.25, -0.2) is 8.42 Å². The number of nitrogens with one attached hydrogen (secondary N) is 1. The Balaban J connectivity index is 1.80. The Kier molecular flexibility index (Phi) is 10.4. The van der Waals surface area contributed by atoms with E-state index in [2.05, 4.69) is 5.32 Å². The minimum atomic E-state index is -4.22. The highest BCUT2D eigenvalue weighted by Crippen LogP contribution is 2.32. The van der Waals surface area contributed by atoms with E-state index in [-0.39, 0.29) is 34.5 Å². The quantitative estimate of drug-likeness (QED) is 0.234. The number of sulfonamides is 1. The lowest BCUT2D eigenvalue weighted by Gasteiger charge is -2.33. The van der Waals surface area contributed by atoms with Gasteiger partial charge in [0.25, 0.3) is 10.0 Å². The van der Waals surface area contributed by atoms with Crippen molar-refractivity contribution in [3.63, 3.8) is 0 Å². The van der Waals surface area contributed by atoms with Crippen LogP contribution in [0.5, 0.6) is 5.75 Å². The second-order valence-electron chi connectivity index (χ2n) is 9.97. The summed E-state index contributed by atoms with van der Waals surface area (Å²) in [5.74, 6) is -0.565. The van der Waals surface area contributed by atoms with Gasteiger partial charge in [0.05, 0.1) is 22.7 Å². The summed E-state index contributed by atoms with van der Waals surface area (Å²) in [4.78, 5) is 29.1. The van der Waals surface area contributed by atoms with Gasteiger partial charge in [-0.2, -0.15) is 0 Å². The molecule has 0 aliphatic carbocycles. The van der Waals surface area contributed by atoms with Crippen LogP contribution in [0, 0.1) is 6.92 Å². The van der Waals surface area contributed by atoms with Gasteiger partial charge in [0.2, 0.25) is 11.8 Å². The maximum atomic E-state index is 14.3. The highest BCUT2D eigenvalue weighted by molar-refractivity contribution is 7.92. The molecule has 1 N–H and O–H groups in total. The van der Waals surface area contributed by atoms with Crippen molar-refractivity contribution in [2.45, 2.75) is 30.8 Å². The van der Waals surface area contributed by atoms with Crippen LogP contribution in [0.1, 0.15) is 16.7 Å². The largest absolute Gasteiger partial charge is 0.495 e. The lowest BCUT2D eigenvalue weighted by molar-refractivity contribution is -0.139. The Bertz CT molecular complexity index is 1670.